The molecule has 5 rings (SSSR count). The van der Waals surface area contributed by atoms with Crippen molar-refractivity contribution >= 4 is 29.1 Å². The summed E-state index contributed by atoms with van der Waals surface area (Å²) in [6, 6.07) is 8.51. The van der Waals surface area contributed by atoms with Crippen molar-refractivity contribution in [3.63, 3.8) is 0 Å². The topological polar surface area (TPSA) is 141 Å². The van der Waals surface area contributed by atoms with Crippen molar-refractivity contribution in [1.82, 2.24) is 29.2 Å². The van der Waals surface area contributed by atoms with E-state index in [9.17, 15) is 9.59 Å². The zero-order valence-corrected chi connectivity index (χ0v) is 20.9. The number of fused-ring (bicyclic) bond motifs is 1. The highest BCUT2D eigenvalue weighted by Gasteiger charge is 2.31. The second kappa shape index (κ2) is 11.2. The molecule has 1 aliphatic rings. The van der Waals surface area contributed by atoms with E-state index in [0.29, 0.717) is 35.7 Å². The van der Waals surface area contributed by atoms with Gasteiger partial charge in [-0.2, -0.15) is 0 Å². The van der Waals surface area contributed by atoms with Crippen LogP contribution < -0.4 is 11.1 Å². The Balaban J connectivity index is 1.48. The summed E-state index contributed by atoms with van der Waals surface area (Å²) >= 11 is 0. The number of nitrogens with zero attached hydrogens (tertiary/aromatic N) is 6. The smallest absolute Gasteiger partial charge is 0.258 e. The fourth-order valence-electron chi connectivity index (χ4n) is 4.64. The molecule has 1 saturated heterocycles. The van der Waals surface area contributed by atoms with Gasteiger partial charge in [0, 0.05) is 55.6 Å². The Hall–Kier alpha value is -4.64. The van der Waals surface area contributed by atoms with E-state index in [-0.39, 0.29) is 23.8 Å². The van der Waals surface area contributed by atoms with E-state index in [2.05, 4.69) is 20.3 Å². The molecule has 1 atom stereocenters. The number of carbonyl (C=O) groups is 2. The number of hydrogen-bond donors (Lipinski definition) is 2. The Morgan fingerprint density at radius 1 is 1.13 bits per heavy atom. The van der Waals surface area contributed by atoms with Gasteiger partial charge in [-0.1, -0.05) is 18.2 Å². The van der Waals surface area contributed by atoms with Crippen LogP contribution in [0.5, 0.6) is 0 Å². The summed E-state index contributed by atoms with van der Waals surface area (Å²) in [6.07, 6.45) is 12.5. The Kier molecular flexibility index (Phi) is 7.36. The molecule has 0 spiro atoms. The van der Waals surface area contributed by atoms with Crippen LogP contribution in [-0.2, 0) is 9.53 Å². The van der Waals surface area contributed by atoms with E-state index in [0.717, 1.165) is 30.7 Å². The minimum absolute atomic E-state index is 0.0789. The van der Waals surface area contributed by atoms with Crippen LogP contribution in [0.15, 0.2) is 67.3 Å². The zero-order valence-electron chi connectivity index (χ0n) is 20.9. The lowest BCUT2D eigenvalue weighted by Gasteiger charge is -2.34. The van der Waals surface area contributed by atoms with Gasteiger partial charge in [0.2, 0.25) is 11.9 Å². The third kappa shape index (κ3) is 5.09. The quantitative estimate of drug-likeness (QED) is 0.360. The number of nitrogens with two attached hydrogens (primary N) is 1. The van der Waals surface area contributed by atoms with Gasteiger partial charge < -0.3 is 15.4 Å². The number of likely N-dealkylation sites (tertiary alicyclic amines) is 1. The number of anilines is 2. The molecule has 2 amide bonds. The number of nitrogen functional groups attached to an aromatic ring is 1. The van der Waals surface area contributed by atoms with E-state index >= 15 is 0 Å². The normalized spacial score (nSPS) is 15.7. The number of aromatic nitrogens is 5. The fourth-order valence-corrected chi connectivity index (χ4v) is 4.64. The average Bonchev–Trinajstić information content (AvgIpc) is 3.34. The van der Waals surface area contributed by atoms with Gasteiger partial charge in [-0.15, -0.1) is 0 Å². The average molecular weight is 513 g/mol. The lowest BCUT2D eigenvalue weighted by molar-refractivity contribution is -0.130. The van der Waals surface area contributed by atoms with Gasteiger partial charge in [0.25, 0.3) is 5.91 Å². The molecule has 194 valence electrons. The van der Waals surface area contributed by atoms with E-state index in [1.807, 2.05) is 27.6 Å². The Bertz CT molecular complexity index is 1470. The van der Waals surface area contributed by atoms with Crippen molar-refractivity contribution < 1.29 is 14.3 Å². The monoisotopic (exact) mass is 512 g/mol. The van der Waals surface area contributed by atoms with Crippen LogP contribution in [0.1, 0.15) is 41.5 Å². The SMILES string of the molecule is COCC=CC(=O)N1CCCC[C@H]1c1nc(-c2ccc(C(=O)Nc3ncccn3)cc2)c2c(N)nccn12. The first kappa shape index (κ1) is 25.0. The van der Waals surface area contributed by atoms with Crippen LogP contribution in [0, 0.1) is 0 Å². The van der Waals surface area contributed by atoms with Gasteiger partial charge in [-0.3, -0.25) is 19.3 Å². The van der Waals surface area contributed by atoms with Crippen LogP contribution in [-0.4, -0.2) is 61.3 Å². The van der Waals surface area contributed by atoms with Gasteiger partial charge in [-0.25, -0.2) is 19.9 Å². The highest BCUT2D eigenvalue weighted by atomic mass is 16.5. The molecule has 1 aromatic carbocycles. The molecule has 11 nitrogen and oxygen atoms in total. The maximum absolute atomic E-state index is 13.0. The number of methoxy groups -OCH3 is 1. The molecule has 1 aliphatic heterocycles. The van der Waals surface area contributed by atoms with Crippen molar-refractivity contribution in [2.45, 2.75) is 25.3 Å². The first-order valence-corrected chi connectivity index (χ1v) is 12.3. The summed E-state index contributed by atoms with van der Waals surface area (Å²) in [4.78, 5) is 44.9. The van der Waals surface area contributed by atoms with E-state index < -0.39 is 0 Å². The molecule has 0 radical (unpaired) electrons. The first-order valence-electron chi connectivity index (χ1n) is 12.3. The predicted octanol–water partition coefficient (Wildman–Crippen LogP) is 3.28. The number of piperidine rings is 1. The number of amides is 2. The fraction of sp³-hybridized carbons (Fsp3) is 0.259. The summed E-state index contributed by atoms with van der Waals surface area (Å²) in [5.74, 6) is 0.883. The lowest BCUT2D eigenvalue weighted by atomic mass is 10.0. The standard InChI is InChI=1S/C27H28N8O3/c1-38-17-4-7-21(36)34-15-3-2-6-20(34)25-32-22(23-24(28)29-14-16-35(23)25)18-8-10-19(11-9-18)26(37)33-27-30-12-5-13-31-27/h4-5,7-14,16,20H,2-3,6,15,17H2,1H3,(H2,28,29)(H,30,31,33,37)/t20-/m0/s1. The molecule has 3 aromatic heterocycles. The second-order valence-corrected chi connectivity index (χ2v) is 8.85. The van der Waals surface area contributed by atoms with Crippen LogP contribution in [0.25, 0.3) is 16.8 Å². The predicted molar refractivity (Wildman–Crippen MR) is 142 cm³/mol. The molecule has 0 bridgehead atoms. The van der Waals surface area contributed by atoms with Crippen molar-refractivity contribution in [1.29, 1.82) is 0 Å². The van der Waals surface area contributed by atoms with Crippen molar-refractivity contribution in [2.75, 3.05) is 31.3 Å². The number of ether oxygens (including phenoxy) is 1. The van der Waals surface area contributed by atoms with Crippen LogP contribution >= 0.6 is 0 Å². The number of rotatable bonds is 7. The number of hydrogen-bond acceptors (Lipinski definition) is 8. The maximum atomic E-state index is 13.0. The highest BCUT2D eigenvalue weighted by Crippen LogP contribution is 2.36. The van der Waals surface area contributed by atoms with Crippen LogP contribution in [0.3, 0.4) is 0 Å². The highest BCUT2D eigenvalue weighted by molar-refractivity contribution is 6.03. The number of benzene rings is 1. The third-order valence-electron chi connectivity index (χ3n) is 6.43. The van der Waals surface area contributed by atoms with E-state index in [4.69, 9.17) is 15.5 Å². The number of carbonyl (C=O) groups excluding carboxylic acids is 2. The number of nitrogens with one attached hydrogen (secondary N) is 1. The van der Waals surface area contributed by atoms with Gasteiger partial charge in [0.15, 0.2) is 0 Å². The summed E-state index contributed by atoms with van der Waals surface area (Å²) in [7, 11) is 1.59. The van der Waals surface area contributed by atoms with Crippen LogP contribution in [0.4, 0.5) is 11.8 Å². The summed E-state index contributed by atoms with van der Waals surface area (Å²) in [5, 5.41) is 2.68. The van der Waals surface area contributed by atoms with E-state index in [1.54, 1.807) is 56.1 Å². The molecular formula is C27H28N8O3. The molecule has 0 saturated carbocycles. The van der Waals surface area contributed by atoms with E-state index in [1.165, 1.54) is 0 Å². The molecular weight excluding hydrogens is 484 g/mol. The zero-order chi connectivity index (χ0) is 26.5. The molecule has 11 heteroatoms. The third-order valence-corrected chi connectivity index (χ3v) is 6.43. The summed E-state index contributed by atoms with van der Waals surface area (Å²) in [5.41, 5.74) is 8.83. The molecule has 1 fully saturated rings. The first-order chi connectivity index (χ1) is 18.6. The summed E-state index contributed by atoms with van der Waals surface area (Å²) < 4.78 is 6.96. The van der Waals surface area contributed by atoms with Crippen molar-refractivity contribution in [3.8, 4) is 11.3 Å². The minimum Gasteiger partial charge on any atom is -0.382 e. The summed E-state index contributed by atoms with van der Waals surface area (Å²) in [6.45, 7) is 1.01. The Labute approximate surface area is 219 Å². The number of imidazole rings is 1. The molecule has 0 unspecified atom stereocenters. The van der Waals surface area contributed by atoms with Crippen molar-refractivity contribution in [3.05, 3.63) is 78.7 Å². The van der Waals surface area contributed by atoms with Gasteiger partial charge >= 0.3 is 0 Å². The molecule has 0 aliphatic carbocycles. The lowest BCUT2D eigenvalue weighted by Crippen LogP contribution is -2.38. The van der Waals surface area contributed by atoms with Crippen molar-refractivity contribution in [2.24, 2.45) is 0 Å². The molecule has 4 heterocycles. The Morgan fingerprint density at radius 3 is 2.68 bits per heavy atom. The molecule has 38 heavy (non-hydrogen) atoms. The molecule has 4 aromatic rings. The van der Waals surface area contributed by atoms with Crippen LogP contribution in [0.2, 0.25) is 0 Å². The van der Waals surface area contributed by atoms with Gasteiger partial charge in [-0.05, 0) is 37.5 Å². The maximum Gasteiger partial charge on any atom is 0.258 e. The molecule has 3 N–H and O–H groups in total. The van der Waals surface area contributed by atoms with Gasteiger partial charge in [0.1, 0.15) is 22.9 Å². The Morgan fingerprint density at radius 2 is 1.92 bits per heavy atom. The largest absolute Gasteiger partial charge is 0.382 e. The van der Waals surface area contributed by atoms with Gasteiger partial charge in [0.05, 0.1) is 12.6 Å². The second-order valence-electron chi connectivity index (χ2n) is 8.85. The minimum atomic E-state index is -0.322.